The first kappa shape index (κ1) is 102. The molecule has 0 bridgehead atoms. The summed E-state index contributed by atoms with van der Waals surface area (Å²) in [5.74, 6) is 2.44. The van der Waals surface area contributed by atoms with Crippen molar-refractivity contribution >= 4 is 28.9 Å². The van der Waals surface area contributed by atoms with E-state index in [1.54, 1.807) is 13.8 Å². The monoisotopic (exact) mass is 1300 g/mol. The molecule has 0 radical (unpaired) electrons. The first-order chi connectivity index (χ1) is 34.5. The first-order valence-corrected chi connectivity index (χ1v) is 30.9. The van der Waals surface area contributed by atoms with Crippen LogP contribution >= 0.6 is 0 Å². The Hall–Kier alpha value is -0.965. The van der Waals surface area contributed by atoms with Crippen LogP contribution in [0.25, 0.3) is 0 Å². The van der Waals surface area contributed by atoms with Crippen molar-refractivity contribution in [1.29, 1.82) is 0 Å². The Morgan fingerprint density at radius 2 is 0.885 bits per heavy atom. The van der Waals surface area contributed by atoms with Crippen LogP contribution in [0.1, 0.15) is 351 Å². The van der Waals surface area contributed by atoms with Crippen LogP contribution in [-0.2, 0) is 64.8 Å². The molecule has 0 fully saturated rings. The molecule has 78 heavy (non-hydrogen) atoms. The molecule has 0 aromatic carbocycles. The standard InChI is InChI=1S/C18H32O.C12H24O.C12H22O.2C6H14O.2C6H12O.2CH3.H2O.2Pd/c1-5-8-11-15-13-18(4,12-9-6-2)14-17(19)16(15)10-7-3;2*1-4-6-8-11(3)10-12(13)9-7-5-2;4*1-3-4-5-6(2)7;;;;;/h5-14H2,1-4H3;11H,4-10H2,1-3H3;10H,4-9H2,1-3H3;2*6-7H,3-5H2,1-2H3;2*3-5H2,1-2H3;2*1H3;1H2;;/q;;;;;;;2*-1;;;/p+1/b;;11-10+;;;;;;;;;. The van der Waals surface area contributed by atoms with Gasteiger partial charge in [-0.3, -0.25) is 14.4 Å². The Labute approximate surface area is 518 Å². The molecule has 0 spiro atoms. The van der Waals surface area contributed by atoms with Gasteiger partial charge >= 0.3 is 1.43 Å². The number of allylic oxidation sites excluding steroid dienone is 4. The third kappa shape index (κ3) is 86.3. The van der Waals surface area contributed by atoms with E-state index in [1.165, 1.54) is 100 Å². The van der Waals surface area contributed by atoms with E-state index in [0.717, 1.165) is 141 Å². The van der Waals surface area contributed by atoms with Crippen molar-refractivity contribution in [1.82, 2.24) is 0 Å². The largest absolute Gasteiger partial charge is 1.00 e. The van der Waals surface area contributed by atoms with Crippen LogP contribution in [-0.4, -0.2) is 56.8 Å². The van der Waals surface area contributed by atoms with Gasteiger partial charge in [0.25, 0.3) is 0 Å². The molecule has 8 nitrogen and oxygen atoms in total. The number of hydrogen-bond acceptors (Lipinski definition) is 7. The summed E-state index contributed by atoms with van der Waals surface area (Å²) >= 11 is 0. The van der Waals surface area contributed by atoms with Crippen molar-refractivity contribution in [3.63, 3.8) is 0 Å². The minimum absolute atomic E-state index is 0. The van der Waals surface area contributed by atoms with Gasteiger partial charge in [-0.05, 0) is 141 Å². The smallest absolute Gasteiger partial charge is 0.412 e. The summed E-state index contributed by atoms with van der Waals surface area (Å²) in [6, 6.07) is 0. The number of aliphatic hydroxyl groups is 2. The van der Waals surface area contributed by atoms with Crippen LogP contribution in [0, 0.1) is 26.2 Å². The predicted octanol–water partition coefficient (Wildman–Crippen LogP) is 20.5. The van der Waals surface area contributed by atoms with Crippen molar-refractivity contribution in [2.24, 2.45) is 11.3 Å². The molecular weight excluding hydrogens is 1160 g/mol. The molecule has 4 atom stereocenters. The molecule has 0 saturated heterocycles. The maximum Gasteiger partial charge on any atom is 1.00 e. The van der Waals surface area contributed by atoms with Crippen molar-refractivity contribution < 1.29 is 81.9 Å². The minimum Gasteiger partial charge on any atom is -0.412 e. The van der Waals surface area contributed by atoms with Crippen molar-refractivity contribution in [2.45, 2.75) is 362 Å². The third-order valence-corrected chi connectivity index (χ3v) is 12.7. The van der Waals surface area contributed by atoms with Gasteiger partial charge in [0.15, 0.2) is 11.6 Å². The van der Waals surface area contributed by atoms with Crippen LogP contribution in [0.3, 0.4) is 0 Å². The molecular formula is C68H139O8Pd2-. The van der Waals surface area contributed by atoms with Gasteiger partial charge in [0.1, 0.15) is 17.3 Å². The SMILES string of the molecule is CCCCC(=O)/C=C(\C)CCCC.CCCCC(=O)CC(C)CCCC.CCCCC(C)=O.CCCCC(C)=O.CCCCC(C)O.CCCCC(C)O.CCCCC1=C(CCC)C(=O)CC(C)(CCCC)C1.O.[CH3-].[CH3-].[H+].[Pd].[Pd]. The van der Waals surface area contributed by atoms with Gasteiger partial charge in [0, 0.05) is 79.4 Å². The molecule has 0 heterocycles. The zero-order valence-electron chi connectivity index (χ0n) is 56.6. The molecule has 10 heteroatoms. The van der Waals surface area contributed by atoms with Crippen LogP contribution in [0.15, 0.2) is 22.8 Å². The van der Waals surface area contributed by atoms with Crippen molar-refractivity contribution in [3.05, 3.63) is 37.6 Å². The number of Topliss-reactive ketones (excluding diaryl/α,β-unsaturated/α-hetero) is 4. The van der Waals surface area contributed by atoms with Crippen LogP contribution in [0.2, 0.25) is 0 Å². The van der Waals surface area contributed by atoms with E-state index in [4.69, 9.17) is 10.2 Å². The van der Waals surface area contributed by atoms with Gasteiger partial charge in [-0.15, -0.1) is 0 Å². The molecule has 1 aliphatic rings. The Morgan fingerprint density at radius 1 is 0.513 bits per heavy atom. The fraction of sp³-hybridized carbons (Fsp3) is 0.838. The van der Waals surface area contributed by atoms with Crippen molar-refractivity contribution in [2.75, 3.05) is 0 Å². The average molecular weight is 1300 g/mol. The second kappa shape index (κ2) is 78.1. The molecule has 1 rings (SSSR count). The van der Waals surface area contributed by atoms with Gasteiger partial charge in [0.05, 0.1) is 12.2 Å². The second-order valence-electron chi connectivity index (χ2n) is 22.0. The van der Waals surface area contributed by atoms with E-state index >= 15 is 0 Å². The molecule has 4 unspecified atom stereocenters. The van der Waals surface area contributed by atoms with E-state index in [1.807, 2.05) is 19.9 Å². The third-order valence-electron chi connectivity index (χ3n) is 12.7. The maximum atomic E-state index is 12.5. The molecule has 0 aromatic rings. The normalized spacial score (nSPS) is 14.1. The number of rotatable bonds is 35. The van der Waals surface area contributed by atoms with E-state index in [9.17, 15) is 24.0 Å². The first-order valence-electron chi connectivity index (χ1n) is 30.9. The number of carbonyl (C=O) groups is 5. The maximum absolute atomic E-state index is 12.5. The van der Waals surface area contributed by atoms with Crippen LogP contribution < -0.4 is 0 Å². The Kier molecular flexibility index (Phi) is 102. The molecule has 4 N–H and O–H groups in total. The summed E-state index contributed by atoms with van der Waals surface area (Å²) in [4.78, 5) is 55.6. The molecule has 480 valence electrons. The van der Waals surface area contributed by atoms with Crippen molar-refractivity contribution in [3.8, 4) is 0 Å². The van der Waals surface area contributed by atoms with E-state index in [-0.39, 0.29) is 80.2 Å². The molecule has 0 saturated carbocycles. The summed E-state index contributed by atoms with van der Waals surface area (Å²) in [5, 5.41) is 17.4. The number of aliphatic hydroxyl groups excluding tert-OH is 2. The Morgan fingerprint density at radius 3 is 1.23 bits per heavy atom. The second-order valence-corrected chi connectivity index (χ2v) is 22.0. The van der Waals surface area contributed by atoms with Gasteiger partial charge < -0.3 is 40.1 Å². The quantitative estimate of drug-likeness (QED) is 0.0363. The predicted molar refractivity (Wildman–Crippen MR) is 339 cm³/mol. The van der Waals surface area contributed by atoms with Gasteiger partial charge in [-0.2, -0.15) is 0 Å². The summed E-state index contributed by atoms with van der Waals surface area (Å²) in [5.41, 5.74) is 4.18. The topological polar surface area (TPSA) is 157 Å². The molecule has 1 aliphatic carbocycles. The van der Waals surface area contributed by atoms with E-state index < -0.39 is 0 Å². The number of unbranched alkanes of at least 4 members (excludes halogenated alkanes) is 10. The average Bonchev–Trinajstić information content (AvgIpc) is 3.34. The Balaban J connectivity index is -0.0000000679. The summed E-state index contributed by atoms with van der Waals surface area (Å²) in [6.07, 6.45) is 39.3. The summed E-state index contributed by atoms with van der Waals surface area (Å²) in [6.45, 7) is 37.2. The zero-order chi connectivity index (χ0) is 57.3. The molecule has 0 aliphatic heterocycles. The number of hydrogen-bond donors (Lipinski definition) is 2. The number of ketones is 5. The fourth-order valence-electron chi connectivity index (χ4n) is 7.95. The van der Waals surface area contributed by atoms with Crippen LogP contribution in [0.5, 0.6) is 0 Å². The van der Waals surface area contributed by atoms with Gasteiger partial charge in [-0.1, -0.05) is 204 Å². The molecule has 0 aromatic heterocycles. The van der Waals surface area contributed by atoms with E-state index in [0.29, 0.717) is 34.8 Å². The fourth-order valence-corrected chi connectivity index (χ4v) is 7.95. The number of carbonyl (C=O) groups excluding carboxylic acids is 5. The zero-order valence-corrected chi connectivity index (χ0v) is 58.7. The summed E-state index contributed by atoms with van der Waals surface area (Å²) < 4.78 is 0. The van der Waals surface area contributed by atoms with Crippen LogP contribution in [0.4, 0.5) is 0 Å². The van der Waals surface area contributed by atoms with E-state index in [2.05, 4.69) is 96.9 Å². The Bertz CT molecular complexity index is 1300. The summed E-state index contributed by atoms with van der Waals surface area (Å²) in [7, 11) is 0. The minimum atomic E-state index is -0.0973. The van der Waals surface area contributed by atoms with Gasteiger partial charge in [0.2, 0.25) is 0 Å². The molecule has 0 amide bonds. The van der Waals surface area contributed by atoms with Gasteiger partial charge in [-0.25, -0.2) is 0 Å².